The van der Waals surface area contributed by atoms with E-state index in [0.29, 0.717) is 0 Å². The van der Waals surface area contributed by atoms with Crippen molar-refractivity contribution in [1.82, 2.24) is 4.23 Å². The molecule has 0 rings (SSSR count). The summed E-state index contributed by atoms with van der Waals surface area (Å²) in [6.07, 6.45) is 5.54. The molecule has 0 fully saturated rings. The molecule has 0 aromatic heterocycles. The van der Waals surface area contributed by atoms with Gasteiger partial charge in [0, 0.05) is 0 Å². The summed E-state index contributed by atoms with van der Waals surface area (Å²) in [5.41, 5.74) is 0. The van der Waals surface area contributed by atoms with Crippen LogP contribution >= 0.6 is 0 Å². The van der Waals surface area contributed by atoms with Crippen LogP contribution in [0.5, 0.6) is 0 Å². The molecule has 0 aliphatic rings. The van der Waals surface area contributed by atoms with Gasteiger partial charge in [0.25, 0.3) is 0 Å². The summed E-state index contributed by atoms with van der Waals surface area (Å²) in [5, 5.41) is 0. The van der Waals surface area contributed by atoms with Crippen LogP contribution < -0.4 is 0 Å². The Hall–Kier alpha value is 0.394. The van der Waals surface area contributed by atoms with Crippen LogP contribution in [-0.2, 0) is 0 Å². The van der Waals surface area contributed by atoms with Gasteiger partial charge in [-0.1, -0.05) is 72.3 Å². The third-order valence-electron chi connectivity index (χ3n) is 2.79. The minimum absolute atomic E-state index is 0.495. The van der Waals surface area contributed by atoms with Gasteiger partial charge in [-0.2, -0.15) is 0 Å². The van der Waals surface area contributed by atoms with Gasteiger partial charge in [-0.3, -0.25) is 0 Å². The van der Waals surface area contributed by atoms with Gasteiger partial charge in [-0.15, -0.1) is 0 Å². The maximum absolute atomic E-state index is 2.63. The van der Waals surface area contributed by atoms with Crippen LogP contribution in [0.15, 0.2) is 0 Å². The first kappa shape index (κ1) is 17.8. The van der Waals surface area contributed by atoms with Gasteiger partial charge in [0.1, 0.15) is 8.24 Å². The molecular formula is C12H33NSi2. The molecule has 0 bridgehead atoms. The van der Waals surface area contributed by atoms with Crippen molar-refractivity contribution in [2.75, 3.05) is 7.05 Å². The SMILES string of the molecule is CCCCCC.CN([SiH](C)C)[Si](C)(C)C. The first-order valence-corrected chi connectivity index (χ1v) is 12.8. The van der Waals surface area contributed by atoms with Gasteiger partial charge >= 0.3 is 0 Å². The summed E-state index contributed by atoms with van der Waals surface area (Å²) in [4.78, 5) is 0. The minimum atomic E-state index is -0.929. The first-order valence-electron chi connectivity index (χ1n) is 6.50. The van der Waals surface area contributed by atoms with E-state index in [9.17, 15) is 0 Å². The fourth-order valence-electron chi connectivity index (χ4n) is 1.27. The van der Waals surface area contributed by atoms with Crippen molar-refractivity contribution in [2.45, 2.75) is 72.3 Å². The number of hydrogen-bond donors (Lipinski definition) is 0. The molecule has 0 unspecified atom stereocenters. The Morgan fingerprint density at radius 3 is 1.33 bits per heavy atom. The monoisotopic (exact) mass is 247 g/mol. The summed E-state index contributed by atoms with van der Waals surface area (Å²) in [6.45, 7) is 16.4. The van der Waals surface area contributed by atoms with Crippen molar-refractivity contribution in [3.8, 4) is 0 Å². The van der Waals surface area contributed by atoms with Crippen LogP contribution in [0.4, 0.5) is 0 Å². The smallest absolute Gasteiger partial charge is 0.111 e. The lowest BCUT2D eigenvalue weighted by molar-refractivity contribution is 0.702. The Morgan fingerprint density at radius 1 is 0.933 bits per heavy atom. The highest BCUT2D eigenvalue weighted by Gasteiger charge is 2.21. The van der Waals surface area contributed by atoms with E-state index in [1.165, 1.54) is 25.7 Å². The molecule has 0 atom stereocenters. The second kappa shape index (κ2) is 9.61. The molecule has 0 radical (unpaired) electrons. The maximum Gasteiger partial charge on any atom is 0.111 e. The highest BCUT2D eigenvalue weighted by atomic mass is 28.4. The topological polar surface area (TPSA) is 3.24 Å². The fraction of sp³-hybridized carbons (Fsp3) is 1.00. The Labute approximate surface area is 101 Å². The van der Waals surface area contributed by atoms with Crippen molar-refractivity contribution >= 4 is 17.2 Å². The highest BCUT2D eigenvalue weighted by Crippen LogP contribution is 2.07. The molecule has 0 amide bonds. The predicted octanol–water partition coefficient (Wildman–Crippen LogP) is 4.32. The van der Waals surface area contributed by atoms with E-state index < -0.39 is 17.2 Å². The molecule has 0 aromatic rings. The third-order valence-corrected chi connectivity index (χ3v) is 10.3. The molecular weight excluding hydrogens is 214 g/mol. The maximum atomic E-state index is 2.63. The van der Waals surface area contributed by atoms with Crippen LogP contribution in [0.3, 0.4) is 0 Å². The van der Waals surface area contributed by atoms with Gasteiger partial charge in [0.15, 0.2) is 0 Å². The van der Waals surface area contributed by atoms with Crippen molar-refractivity contribution in [3.63, 3.8) is 0 Å². The van der Waals surface area contributed by atoms with Gasteiger partial charge < -0.3 is 4.23 Å². The molecule has 0 aromatic carbocycles. The lowest BCUT2D eigenvalue weighted by Crippen LogP contribution is -2.49. The van der Waals surface area contributed by atoms with E-state index in [4.69, 9.17) is 0 Å². The second-order valence-electron chi connectivity index (χ2n) is 5.58. The minimum Gasteiger partial charge on any atom is -0.351 e. The number of unbranched alkanes of at least 4 members (excludes halogenated alkanes) is 3. The van der Waals surface area contributed by atoms with E-state index >= 15 is 0 Å². The molecule has 3 heteroatoms. The molecule has 15 heavy (non-hydrogen) atoms. The number of hydrogen-bond acceptors (Lipinski definition) is 1. The summed E-state index contributed by atoms with van der Waals surface area (Å²) < 4.78 is 2.63. The van der Waals surface area contributed by atoms with E-state index in [0.717, 1.165) is 0 Å². The average molecular weight is 248 g/mol. The molecule has 0 heterocycles. The zero-order valence-corrected chi connectivity index (χ0v) is 14.5. The average Bonchev–Trinajstić information content (AvgIpc) is 2.13. The van der Waals surface area contributed by atoms with Crippen molar-refractivity contribution < 1.29 is 0 Å². The molecule has 0 spiro atoms. The number of rotatable bonds is 5. The lowest BCUT2D eigenvalue weighted by Gasteiger charge is -2.33. The normalized spacial score (nSPS) is 11.6. The summed E-state index contributed by atoms with van der Waals surface area (Å²) in [7, 11) is 0.858. The van der Waals surface area contributed by atoms with Gasteiger partial charge in [-0.05, 0) is 7.05 Å². The number of nitrogens with zero attached hydrogens (tertiary/aromatic N) is 1. The summed E-state index contributed by atoms with van der Waals surface area (Å²) in [5.74, 6) is 0. The molecule has 1 nitrogen and oxygen atoms in total. The predicted molar refractivity (Wildman–Crippen MR) is 79.8 cm³/mol. The van der Waals surface area contributed by atoms with Crippen LogP contribution in [0.1, 0.15) is 39.5 Å². The van der Waals surface area contributed by atoms with E-state index in [-0.39, 0.29) is 0 Å². The molecule has 94 valence electrons. The van der Waals surface area contributed by atoms with Crippen molar-refractivity contribution in [1.29, 1.82) is 0 Å². The highest BCUT2D eigenvalue weighted by molar-refractivity contribution is 6.82. The second-order valence-corrected chi connectivity index (χ2v) is 14.1. The summed E-state index contributed by atoms with van der Waals surface area (Å²) in [6, 6.07) is 0. The zero-order chi connectivity index (χ0) is 12.5. The summed E-state index contributed by atoms with van der Waals surface area (Å²) >= 11 is 0. The van der Waals surface area contributed by atoms with E-state index in [1.807, 2.05) is 0 Å². The van der Waals surface area contributed by atoms with Crippen molar-refractivity contribution in [2.24, 2.45) is 0 Å². The van der Waals surface area contributed by atoms with Gasteiger partial charge in [-0.25, -0.2) is 0 Å². The molecule has 0 saturated heterocycles. The molecule has 0 N–H and O–H groups in total. The molecule has 0 saturated carbocycles. The van der Waals surface area contributed by atoms with Crippen LogP contribution in [0, 0.1) is 0 Å². The Balaban J connectivity index is 0. The Morgan fingerprint density at radius 2 is 1.27 bits per heavy atom. The van der Waals surface area contributed by atoms with Crippen LogP contribution in [0.2, 0.25) is 32.7 Å². The van der Waals surface area contributed by atoms with E-state index in [2.05, 4.69) is 57.9 Å². The standard InChI is InChI=1S/C6H19NSi2.C6H14/c1-7(8(2)3)9(4,5)6;1-3-5-6-4-2/h8H,1-6H3;3-6H2,1-2H3. The van der Waals surface area contributed by atoms with Gasteiger partial charge in [0.2, 0.25) is 0 Å². The van der Waals surface area contributed by atoms with Gasteiger partial charge in [0.05, 0.1) is 8.96 Å². The zero-order valence-electron chi connectivity index (χ0n) is 12.4. The largest absolute Gasteiger partial charge is 0.351 e. The third kappa shape index (κ3) is 12.3. The first-order chi connectivity index (χ1) is 6.77. The van der Waals surface area contributed by atoms with Crippen LogP contribution in [0.25, 0.3) is 0 Å². The Bertz CT molecular complexity index is 126. The lowest BCUT2D eigenvalue weighted by atomic mass is 10.2. The fourth-order valence-corrected chi connectivity index (χ4v) is 7.47. The Kier molecular flexibility index (Phi) is 11.4. The van der Waals surface area contributed by atoms with Crippen LogP contribution in [-0.4, -0.2) is 28.5 Å². The van der Waals surface area contributed by atoms with Crippen molar-refractivity contribution in [3.05, 3.63) is 0 Å². The van der Waals surface area contributed by atoms with E-state index in [1.54, 1.807) is 0 Å². The molecule has 0 aliphatic carbocycles. The molecule has 0 aliphatic heterocycles. The quantitative estimate of drug-likeness (QED) is 0.516.